The molecule has 0 aromatic heterocycles. The van der Waals surface area contributed by atoms with E-state index in [-0.39, 0.29) is 25.2 Å². The first-order chi connectivity index (χ1) is 24.7. The molecule has 0 aliphatic heterocycles. The molecule has 1 atom stereocenters. The van der Waals surface area contributed by atoms with Crippen molar-refractivity contribution in [3.05, 3.63) is 60.8 Å². The molecule has 10 heteroatoms. The van der Waals surface area contributed by atoms with Crippen molar-refractivity contribution in [2.45, 2.75) is 168 Å². The summed E-state index contributed by atoms with van der Waals surface area (Å²) in [7, 11) is -4.78. The normalized spacial score (nSPS) is 13.0. The van der Waals surface area contributed by atoms with E-state index >= 15 is 0 Å². The molecule has 0 rings (SSSR count). The van der Waals surface area contributed by atoms with E-state index in [1.807, 2.05) is 36.5 Å². The van der Waals surface area contributed by atoms with Crippen LogP contribution in [-0.2, 0) is 32.9 Å². The zero-order chi connectivity index (χ0) is 37.7. The number of ketones is 1. The Morgan fingerprint density at radius 3 is 1.75 bits per heavy atom. The number of phosphoric acid groups is 1. The minimum absolute atomic E-state index is 0.162. The molecule has 0 aliphatic rings. The van der Waals surface area contributed by atoms with E-state index in [1.54, 1.807) is 12.2 Å². The lowest BCUT2D eigenvalue weighted by Crippen LogP contribution is -2.29. The van der Waals surface area contributed by atoms with Gasteiger partial charge in [-0.15, -0.1) is 0 Å². The Morgan fingerprint density at radius 1 is 0.569 bits per heavy atom. The van der Waals surface area contributed by atoms with Crippen molar-refractivity contribution in [3.8, 4) is 0 Å². The van der Waals surface area contributed by atoms with Gasteiger partial charge in [0.2, 0.25) is 0 Å². The summed E-state index contributed by atoms with van der Waals surface area (Å²) in [6.07, 6.45) is 40.7. The van der Waals surface area contributed by atoms with Crippen molar-refractivity contribution in [2.75, 3.05) is 13.2 Å². The summed E-state index contributed by atoms with van der Waals surface area (Å²) in [6.45, 7) is 3.44. The highest BCUT2D eigenvalue weighted by atomic mass is 31.2. The van der Waals surface area contributed by atoms with E-state index in [9.17, 15) is 18.9 Å². The molecule has 292 valence electrons. The predicted octanol–water partition coefficient (Wildman–Crippen LogP) is 10.9. The van der Waals surface area contributed by atoms with Crippen molar-refractivity contribution in [2.24, 2.45) is 0 Å². The fourth-order valence-corrected chi connectivity index (χ4v) is 5.38. The monoisotopic (exact) mass is 736 g/mol. The summed E-state index contributed by atoms with van der Waals surface area (Å²) in [5.41, 5.74) is 0. The minimum atomic E-state index is -4.78. The highest BCUT2D eigenvalue weighted by molar-refractivity contribution is 7.46. The third-order valence-electron chi connectivity index (χ3n) is 7.99. The van der Waals surface area contributed by atoms with Crippen LogP contribution in [0.15, 0.2) is 60.8 Å². The number of hydrogen-bond donors (Lipinski definition) is 2. The van der Waals surface area contributed by atoms with Gasteiger partial charge in [0.15, 0.2) is 11.9 Å². The number of hydrogen-bond acceptors (Lipinski definition) is 7. The third-order valence-corrected chi connectivity index (χ3v) is 8.47. The van der Waals surface area contributed by atoms with Crippen molar-refractivity contribution in [1.29, 1.82) is 0 Å². The quantitative estimate of drug-likeness (QED) is 0.0163. The van der Waals surface area contributed by atoms with Crippen LogP contribution in [0, 0.1) is 0 Å². The summed E-state index contributed by atoms with van der Waals surface area (Å²) in [5, 5.41) is 0. The van der Waals surface area contributed by atoms with E-state index in [0.717, 1.165) is 57.8 Å². The number of carbonyl (C=O) groups is 3. The number of unbranched alkanes of at least 4 members (excludes halogenated alkanes) is 14. The molecule has 0 spiro atoms. The molecule has 0 heterocycles. The van der Waals surface area contributed by atoms with Crippen molar-refractivity contribution >= 4 is 25.5 Å². The third kappa shape index (κ3) is 38.5. The lowest BCUT2D eigenvalue weighted by molar-refractivity contribution is -0.161. The van der Waals surface area contributed by atoms with Crippen LogP contribution in [0.25, 0.3) is 0 Å². The van der Waals surface area contributed by atoms with Gasteiger partial charge in [-0.05, 0) is 70.3 Å². The van der Waals surface area contributed by atoms with Gasteiger partial charge in [-0.1, -0.05) is 133 Å². The zero-order valence-corrected chi connectivity index (χ0v) is 32.6. The fraction of sp³-hybridized carbons (Fsp3) is 0.683. The number of phosphoric ester groups is 1. The van der Waals surface area contributed by atoms with Crippen LogP contribution in [-0.4, -0.2) is 46.8 Å². The minimum Gasteiger partial charge on any atom is -0.462 e. The van der Waals surface area contributed by atoms with Gasteiger partial charge in [-0.3, -0.25) is 18.9 Å². The van der Waals surface area contributed by atoms with Crippen molar-refractivity contribution in [1.82, 2.24) is 0 Å². The maximum atomic E-state index is 12.4. The van der Waals surface area contributed by atoms with Crippen LogP contribution in [0.4, 0.5) is 0 Å². The van der Waals surface area contributed by atoms with E-state index < -0.39 is 32.5 Å². The first-order valence-corrected chi connectivity index (χ1v) is 21.1. The SMILES string of the molecule is CCCCCC/C=C\CCCCCCCCCC(=O)O[C@H](COC(=O)CCC/C=C\C/C=C\C/C=C\C=C\C(=O)CCCCC)COP(=O)(O)O. The van der Waals surface area contributed by atoms with Gasteiger partial charge in [0.25, 0.3) is 0 Å². The van der Waals surface area contributed by atoms with Gasteiger partial charge < -0.3 is 19.3 Å². The highest BCUT2D eigenvalue weighted by Gasteiger charge is 2.22. The van der Waals surface area contributed by atoms with Crippen LogP contribution in [0.1, 0.15) is 162 Å². The van der Waals surface area contributed by atoms with Crippen LogP contribution < -0.4 is 0 Å². The molecule has 0 amide bonds. The molecule has 0 fully saturated rings. The molecule has 0 saturated heterocycles. The highest BCUT2D eigenvalue weighted by Crippen LogP contribution is 2.36. The van der Waals surface area contributed by atoms with Gasteiger partial charge in [0, 0.05) is 19.3 Å². The molecule has 0 aliphatic carbocycles. The zero-order valence-electron chi connectivity index (χ0n) is 31.7. The Bertz CT molecular complexity index is 1070. The summed E-state index contributed by atoms with van der Waals surface area (Å²) < 4.78 is 26.2. The molecular weight excluding hydrogens is 667 g/mol. The van der Waals surface area contributed by atoms with Crippen LogP contribution in [0.2, 0.25) is 0 Å². The van der Waals surface area contributed by atoms with E-state index in [4.69, 9.17) is 19.3 Å². The van der Waals surface area contributed by atoms with Crippen molar-refractivity contribution < 1.29 is 42.7 Å². The number of ether oxygens (including phenoxy) is 2. The lowest BCUT2D eigenvalue weighted by atomic mass is 10.1. The van der Waals surface area contributed by atoms with Gasteiger partial charge in [0.05, 0.1) is 6.61 Å². The first-order valence-electron chi connectivity index (χ1n) is 19.5. The second-order valence-corrected chi connectivity index (χ2v) is 14.2. The average Bonchev–Trinajstić information content (AvgIpc) is 3.09. The second-order valence-electron chi connectivity index (χ2n) is 12.9. The van der Waals surface area contributed by atoms with E-state index in [2.05, 4.69) is 30.5 Å². The lowest BCUT2D eigenvalue weighted by Gasteiger charge is -2.18. The Hall–Kier alpha value is -2.58. The molecule has 0 unspecified atom stereocenters. The predicted molar refractivity (Wildman–Crippen MR) is 207 cm³/mol. The molecule has 0 aromatic rings. The molecule has 0 aromatic carbocycles. The number of esters is 2. The molecule has 0 saturated carbocycles. The Kier molecular flexibility index (Phi) is 34.0. The van der Waals surface area contributed by atoms with E-state index in [1.165, 1.54) is 51.4 Å². The van der Waals surface area contributed by atoms with Crippen molar-refractivity contribution in [3.63, 3.8) is 0 Å². The topological polar surface area (TPSA) is 136 Å². The number of allylic oxidation sites excluding steroid dienone is 10. The fourth-order valence-electron chi connectivity index (χ4n) is 5.02. The second kappa shape index (κ2) is 35.8. The summed E-state index contributed by atoms with van der Waals surface area (Å²) in [4.78, 5) is 54.4. The Labute approximate surface area is 309 Å². The number of carbonyl (C=O) groups excluding carboxylic acids is 3. The van der Waals surface area contributed by atoms with Gasteiger partial charge >= 0.3 is 19.8 Å². The van der Waals surface area contributed by atoms with E-state index in [0.29, 0.717) is 25.7 Å². The van der Waals surface area contributed by atoms with Crippen LogP contribution in [0.3, 0.4) is 0 Å². The van der Waals surface area contributed by atoms with Gasteiger partial charge in [-0.25, -0.2) is 4.57 Å². The largest absolute Gasteiger partial charge is 0.469 e. The molecule has 0 radical (unpaired) electrons. The maximum absolute atomic E-state index is 12.4. The number of rotatable bonds is 35. The Balaban J connectivity index is 4.11. The van der Waals surface area contributed by atoms with Gasteiger partial charge in [-0.2, -0.15) is 0 Å². The summed E-state index contributed by atoms with van der Waals surface area (Å²) in [5.74, 6) is -0.828. The standard InChI is InChI=1S/C41H69O9P/c1-3-5-7-8-9-10-11-12-13-14-17-21-24-27-31-35-41(44)50-39(37-49-51(45,46)47)36-48-40(43)34-30-26-23-20-18-15-16-19-22-25-29-33-38(42)32-28-6-4-2/h10-11,15-16,20,22-23,25,29,33,39H,3-9,12-14,17-19,21,24,26-28,30-32,34-37H2,1-2H3,(H2,45,46,47)/b11-10-,16-15-,23-20-,25-22-,33-29+/t39-/m1/s1. The van der Waals surface area contributed by atoms with Crippen LogP contribution >= 0.6 is 7.82 Å². The molecule has 2 N–H and O–H groups in total. The molecule has 51 heavy (non-hydrogen) atoms. The Morgan fingerprint density at radius 2 is 1.08 bits per heavy atom. The smallest absolute Gasteiger partial charge is 0.462 e. The average molecular weight is 737 g/mol. The molecular formula is C41H69O9P. The summed E-state index contributed by atoms with van der Waals surface area (Å²) in [6, 6.07) is 0. The van der Waals surface area contributed by atoms with Crippen LogP contribution in [0.5, 0.6) is 0 Å². The molecule has 9 nitrogen and oxygen atoms in total. The van der Waals surface area contributed by atoms with Gasteiger partial charge in [0.1, 0.15) is 6.61 Å². The maximum Gasteiger partial charge on any atom is 0.469 e. The summed E-state index contributed by atoms with van der Waals surface area (Å²) >= 11 is 0. The first kappa shape index (κ1) is 48.4. The molecule has 0 bridgehead atoms.